The zero-order valence-electron chi connectivity index (χ0n) is 22.7. The monoisotopic (exact) mass is 500 g/mol. The van der Waals surface area contributed by atoms with Crippen molar-refractivity contribution in [1.82, 2.24) is 10.2 Å². The molecule has 0 heterocycles. The third kappa shape index (κ3) is 8.78. The van der Waals surface area contributed by atoms with Crippen molar-refractivity contribution in [2.45, 2.75) is 59.5 Å². The molecule has 5 nitrogen and oxygen atoms in total. The van der Waals surface area contributed by atoms with Gasteiger partial charge in [0.1, 0.15) is 11.8 Å². The van der Waals surface area contributed by atoms with Crippen LogP contribution in [0, 0.1) is 12.8 Å². The van der Waals surface area contributed by atoms with E-state index in [1.54, 1.807) is 4.90 Å². The maximum absolute atomic E-state index is 13.7. The van der Waals surface area contributed by atoms with Crippen LogP contribution in [0.3, 0.4) is 0 Å². The highest BCUT2D eigenvalue weighted by molar-refractivity contribution is 5.88. The van der Waals surface area contributed by atoms with Gasteiger partial charge >= 0.3 is 0 Å². The molecule has 3 aromatic carbocycles. The Balaban J connectivity index is 1.86. The molecule has 0 saturated heterocycles. The van der Waals surface area contributed by atoms with Gasteiger partial charge in [-0.05, 0) is 47.6 Å². The number of hydrogen-bond acceptors (Lipinski definition) is 3. The summed E-state index contributed by atoms with van der Waals surface area (Å²) in [5, 5.41) is 3.05. The molecule has 3 rings (SSSR count). The number of ether oxygens (including phenoxy) is 1. The second-order valence-electron chi connectivity index (χ2n) is 10.4. The maximum Gasteiger partial charge on any atom is 0.261 e. The normalized spacial score (nSPS) is 11.9. The lowest BCUT2D eigenvalue weighted by molar-refractivity contribution is -0.142. The van der Waals surface area contributed by atoms with Crippen LogP contribution in [0.1, 0.15) is 55.9 Å². The van der Waals surface area contributed by atoms with Crippen molar-refractivity contribution in [3.63, 3.8) is 0 Å². The Labute approximate surface area is 221 Å². The van der Waals surface area contributed by atoms with Crippen LogP contribution < -0.4 is 10.1 Å². The summed E-state index contributed by atoms with van der Waals surface area (Å²) in [6, 6.07) is 25.1. The number of carbonyl (C=O) groups excluding carboxylic acids is 2. The zero-order chi connectivity index (χ0) is 26.8. The Morgan fingerprint density at radius 1 is 0.838 bits per heavy atom. The summed E-state index contributed by atoms with van der Waals surface area (Å²) >= 11 is 0. The number of rotatable bonds is 12. The Kier molecular flexibility index (Phi) is 10.3. The molecule has 0 radical (unpaired) electrons. The van der Waals surface area contributed by atoms with Gasteiger partial charge in [-0.2, -0.15) is 0 Å². The molecule has 0 spiro atoms. The molecule has 0 aliphatic heterocycles. The molecule has 1 atom stereocenters. The van der Waals surface area contributed by atoms with Gasteiger partial charge in [0.2, 0.25) is 5.91 Å². The van der Waals surface area contributed by atoms with Gasteiger partial charge in [0.15, 0.2) is 6.61 Å². The summed E-state index contributed by atoms with van der Waals surface area (Å²) in [5.74, 6) is 0.980. The highest BCUT2D eigenvalue weighted by Crippen LogP contribution is 2.20. The van der Waals surface area contributed by atoms with Gasteiger partial charge in [-0.1, -0.05) is 100.0 Å². The van der Waals surface area contributed by atoms with Crippen LogP contribution in [0.5, 0.6) is 5.75 Å². The predicted octanol–water partition coefficient (Wildman–Crippen LogP) is 5.91. The van der Waals surface area contributed by atoms with E-state index in [2.05, 4.69) is 33.0 Å². The highest BCUT2D eigenvalue weighted by Gasteiger charge is 2.30. The lowest BCUT2D eigenvalue weighted by Gasteiger charge is -2.31. The number of nitrogens with zero attached hydrogens (tertiary/aromatic N) is 1. The number of benzene rings is 3. The number of hydrogen-bond donors (Lipinski definition) is 1. The van der Waals surface area contributed by atoms with Crippen molar-refractivity contribution in [3.8, 4) is 5.75 Å². The second kappa shape index (κ2) is 13.6. The molecule has 1 unspecified atom stereocenters. The zero-order valence-corrected chi connectivity index (χ0v) is 22.7. The number of carbonyl (C=O) groups is 2. The second-order valence-corrected chi connectivity index (χ2v) is 10.4. The average Bonchev–Trinajstić information content (AvgIpc) is 2.89. The van der Waals surface area contributed by atoms with Gasteiger partial charge in [-0.3, -0.25) is 9.59 Å². The lowest BCUT2D eigenvalue weighted by Crippen LogP contribution is -2.52. The molecule has 196 valence electrons. The molecule has 3 aromatic rings. The van der Waals surface area contributed by atoms with Gasteiger partial charge in [0, 0.05) is 19.5 Å². The molecule has 37 heavy (non-hydrogen) atoms. The van der Waals surface area contributed by atoms with Gasteiger partial charge in [-0.25, -0.2) is 0 Å². The molecular weight excluding hydrogens is 460 g/mol. The quantitative estimate of drug-likeness (QED) is 0.336. The topological polar surface area (TPSA) is 58.6 Å². The van der Waals surface area contributed by atoms with Gasteiger partial charge in [0.05, 0.1) is 0 Å². The maximum atomic E-state index is 13.7. The first-order valence-corrected chi connectivity index (χ1v) is 13.1. The van der Waals surface area contributed by atoms with E-state index in [0.29, 0.717) is 37.1 Å². The van der Waals surface area contributed by atoms with Crippen molar-refractivity contribution in [2.75, 3.05) is 13.2 Å². The summed E-state index contributed by atoms with van der Waals surface area (Å²) in [6.07, 6.45) is 0.422. The van der Waals surface area contributed by atoms with Crippen LogP contribution in [-0.2, 0) is 22.6 Å². The predicted molar refractivity (Wildman–Crippen MR) is 150 cm³/mol. The van der Waals surface area contributed by atoms with Gasteiger partial charge < -0.3 is 15.0 Å². The van der Waals surface area contributed by atoms with Crippen LogP contribution in [0.2, 0.25) is 0 Å². The van der Waals surface area contributed by atoms with Gasteiger partial charge in [0.25, 0.3) is 5.91 Å². The third-order valence-corrected chi connectivity index (χ3v) is 6.34. The van der Waals surface area contributed by atoms with E-state index in [9.17, 15) is 9.59 Å². The Morgan fingerprint density at radius 2 is 1.49 bits per heavy atom. The minimum absolute atomic E-state index is 0.143. The van der Waals surface area contributed by atoms with Crippen molar-refractivity contribution in [3.05, 3.63) is 101 Å². The molecule has 0 bridgehead atoms. The first kappa shape index (κ1) is 28.0. The van der Waals surface area contributed by atoms with E-state index >= 15 is 0 Å². The van der Waals surface area contributed by atoms with Crippen LogP contribution in [0.15, 0.2) is 78.9 Å². The minimum atomic E-state index is -0.665. The fraction of sp³-hybridized carbons (Fsp3) is 0.375. The summed E-state index contributed by atoms with van der Waals surface area (Å²) in [7, 11) is 0. The SMILES string of the molecule is Cc1ccc(CN(C(=O)COc2ccc(C(C)C)cc2)C(Cc2ccccc2)C(=O)NCC(C)C)cc1. The molecular formula is C32H40N2O3. The number of aryl methyl sites for hydroxylation is 1. The van der Waals surface area contributed by atoms with Gasteiger partial charge in [-0.15, -0.1) is 0 Å². The number of nitrogens with one attached hydrogen (secondary N) is 1. The molecule has 0 fully saturated rings. The third-order valence-electron chi connectivity index (χ3n) is 6.34. The van der Waals surface area contributed by atoms with Crippen molar-refractivity contribution in [1.29, 1.82) is 0 Å². The van der Waals surface area contributed by atoms with E-state index in [0.717, 1.165) is 16.7 Å². The van der Waals surface area contributed by atoms with E-state index in [-0.39, 0.29) is 18.4 Å². The smallest absolute Gasteiger partial charge is 0.261 e. The molecule has 1 N–H and O–H groups in total. The van der Waals surface area contributed by atoms with Crippen molar-refractivity contribution < 1.29 is 14.3 Å². The van der Waals surface area contributed by atoms with Crippen molar-refractivity contribution >= 4 is 11.8 Å². The molecule has 0 aliphatic carbocycles. The lowest BCUT2D eigenvalue weighted by atomic mass is 10.0. The molecule has 5 heteroatoms. The highest BCUT2D eigenvalue weighted by atomic mass is 16.5. The van der Waals surface area contributed by atoms with E-state index in [1.807, 2.05) is 85.8 Å². The van der Waals surface area contributed by atoms with E-state index < -0.39 is 6.04 Å². The Morgan fingerprint density at radius 3 is 2.08 bits per heavy atom. The van der Waals surface area contributed by atoms with Crippen molar-refractivity contribution in [2.24, 2.45) is 5.92 Å². The molecule has 0 saturated carbocycles. The largest absolute Gasteiger partial charge is 0.484 e. The van der Waals surface area contributed by atoms with Crippen LogP contribution in [-0.4, -0.2) is 35.9 Å². The Bertz CT molecular complexity index is 1120. The summed E-state index contributed by atoms with van der Waals surface area (Å²) in [4.78, 5) is 28.8. The summed E-state index contributed by atoms with van der Waals surface area (Å²) in [5.41, 5.74) is 4.32. The summed E-state index contributed by atoms with van der Waals surface area (Å²) in [6.45, 7) is 11.1. The standard InChI is InChI=1S/C32H40N2O3/c1-23(2)20-33-32(36)30(19-26-9-7-6-8-10-26)34(21-27-13-11-25(5)12-14-27)31(35)22-37-29-17-15-28(16-18-29)24(3)4/h6-18,23-24,30H,19-22H2,1-5H3,(H,33,36). The van der Waals surface area contributed by atoms with E-state index in [4.69, 9.17) is 4.74 Å². The van der Waals surface area contributed by atoms with E-state index in [1.165, 1.54) is 5.56 Å². The molecule has 0 aliphatic rings. The summed E-state index contributed by atoms with van der Waals surface area (Å²) < 4.78 is 5.90. The van der Waals surface area contributed by atoms with Crippen LogP contribution in [0.25, 0.3) is 0 Å². The molecule has 0 aromatic heterocycles. The first-order valence-electron chi connectivity index (χ1n) is 13.1. The number of amides is 2. The first-order chi connectivity index (χ1) is 17.7. The van der Waals surface area contributed by atoms with Crippen LogP contribution >= 0.6 is 0 Å². The Hall–Kier alpha value is -3.60. The fourth-order valence-corrected chi connectivity index (χ4v) is 4.04. The minimum Gasteiger partial charge on any atom is -0.484 e. The van der Waals surface area contributed by atoms with Crippen LogP contribution in [0.4, 0.5) is 0 Å². The average molecular weight is 501 g/mol. The fourth-order valence-electron chi connectivity index (χ4n) is 4.04. The molecule has 2 amide bonds.